The van der Waals surface area contributed by atoms with Crippen LogP contribution in [-0.4, -0.2) is 29.0 Å². The Hall–Kier alpha value is -2.69. The highest BCUT2D eigenvalue weighted by Gasteiger charge is 2.25. The quantitative estimate of drug-likeness (QED) is 0.644. The van der Waals surface area contributed by atoms with E-state index < -0.39 is 12.1 Å². The molecule has 2 aromatic rings. The predicted octanol–water partition coefficient (Wildman–Crippen LogP) is 3.87. The van der Waals surface area contributed by atoms with E-state index in [0.29, 0.717) is 11.6 Å². The fourth-order valence-corrected chi connectivity index (χ4v) is 3.43. The minimum Gasteiger partial charge on any atom is -0.449 e. The van der Waals surface area contributed by atoms with E-state index in [-0.39, 0.29) is 11.9 Å². The van der Waals surface area contributed by atoms with Crippen molar-refractivity contribution in [2.75, 3.05) is 0 Å². The third kappa shape index (κ3) is 5.16. The fourth-order valence-electron chi connectivity index (χ4n) is 3.43. The van der Waals surface area contributed by atoms with Crippen LogP contribution in [0.15, 0.2) is 42.5 Å². The molecule has 3 atom stereocenters. The van der Waals surface area contributed by atoms with Gasteiger partial charge in [-0.2, -0.15) is 0 Å². The Labute approximate surface area is 159 Å². The molecule has 5 nitrogen and oxygen atoms in total. The van der Waals surface area contributed by atoms with Gasteiger partial charge in [0.2, 0.25) is 0 Å². The van der Waals surface area contributed by atoms with Crippen LogP contribution in [0.5, 0.6) is 0 Å². The van der Waals surface area contributed by atoms with Gasteiger partial charge < -0.3 is 10.1 Å². The predicted molar refractivity (Wildman–Crippen MR) is 106 cm³/mol. The van der Waals surface area contributed by atoms with Gasteiger partial charge in [0.05, 0.1) is 11.2 Å². The largest absolute Gasteiger partial charge is 0.449 e. The van der Waals surface area contributed by atoms with Gasteiger partial charge in [0.25, 0.3) is 5.91 Å². The number of esters is 1. The van der Waals surface area contributed by atoms with Crippen LogP contribution in [0.2, 0.25) is 0 Å². The second-order valence-corrected chi connectivity index (χ2v) is 7.22. The fraction of sp³-hybridized carbons (Fsp3) is 0.409. The first-order chi connectivity index (χ1) is 13.0. The number of carbonyl (C=O) groups is 2. The van der Waals surface area contributed by atoms with Gasteiger partial charge >= 0.3 is 5.97 Å². The molecule has 1 aliphatic carbocycles. The van der Waals surface area contributed by atoms with Crippen LogP contribution in [0.3, 0.4) is 0 Å². The Morgan fingerprint density at radius 2 is 1.96 bits per heavy atom. The molecule has 27 heavy (non-hydrogen) atoms. The number of pyridine rings is 1. The molecule has 1 heterocycles. The first kappa shape index (κ1) is 19.1. The molecule has 5 heteroatoms. The van der Waals surface area contributed by atoms with Gasteiger partial charge in [-0.25, -0.2) is 9.78 Å². The van der Waals surface area contributed by atoms with Crippen molar-refractivity contribution in [1.29, 1.82) is 0 Å². The molecule has 1 aromatic carbocycles. The number of nitrogens with zero attached hydrogens (tertiary/aromatic N) is 1. The lowest BCUT2D eigenvalue weighted by molar-refractivity contribution is -0.150. The number of benzene rings is 1. The van der Waals surface area contributed by atoms with Crippen molar-refractivity contribution in [3.05, 3.63) is 48.2 Å². The molecular formula is C22H26N2O3. The number of hydrogen-bond donors (Lipinski definition) is 1. The lowest BCUT2D eigenvalue weighted by atomic mass is 9.86. The molecule has 0 aliphatic heterocycles. The number of para-hydroxylation sites is 1. The number of amides is 1. The standard InChI is InChI=1S/C22H26N2O3/c1-15-7-3-5-9-19(15)24-22(26)16(2)27-21(25)14-13-18-12-11-17-8-4-6-10-20(17)23-18/h4,6,8,10-16,19H,3,5,7,9H2,1-2H3,(H,24,26)/b14-13+/t15-,16+,19-/m0/s1. The Morgan fingerprint density at radius 3 is 2.78 bits per heavy atom. The number of rotatable bonds is 5. The zero-order chi connectivity index (χ0) is 19.2. The van der Waals surface area contributed by atoms with E-state index >= 15 is 0 Å². The molecule has 1 fully saturated rings. The van der Waals surface area contributed by atoms with Gasteiger partial charge in [-0.05, 0) is 43.9 Å². The Balaban J connectivity index is 1.54. The number of hydrogen-bond acceptors (Lipinski definition) is 4. The summed E-state index contributed by atoms with van der Waals surface area (Å²) in [6.45, 7) is 3.75. The minimum absolute atomic E-state index is 0.171. The molecule has 0 radical (unpaired) electrons. The summed E-state index contributed by atoms with van der Waals surface area (Å²) < 4.78 is 5.23. The SMILES string of the molecule is C[C@@H](OC(=O)/C=C/c1ccc2ccccc2n1)C(=O)N[C@H]1CCCC[C@@H]1C. The van der Waals surface area contributed by atoms with E-state index in [4.69, 9.17) is 4.74 Å². The third-order valence-corrected chi connectivity index (χ3v) is 5.11. The van der Waals surface area contributed by atoms with E-state index in [2.05, 4.69) is 17.2 Å². The van der Waals surface area contributed by atoms with Gasteiger partial charge in [-0.3, -0.25) is 4.79 Å². The molecule has 1 aliphatic rings. The Bertz CT molecular complexity index is 846. The van der Waals surface area contributed by atoms with Gasteiger partial charge in [0.15, 0.2) is 6.10 Å². The number of fused-ring (bicyclic) bond motifs is 1. The van der Waals surface area contributed by atoms with Gasteiger partial charge in [0.1, 0.15) is 0 Å². The number of aromatic nitrogens is 1. The number of nitrogens with one attached hydrogen (secondary N) is 1. The van der Waals surface area contributed by atoms with Crippen molar-refractivity contribution in [3.63, 3.8) is 0 Å². The van der Waals surface area contributed by atoms with Crippen molar-refractivity contribution in [1.82, 2.24) is 10.3 Å². The maximum absolute atomic E-state index is 12.3. The molecule has 0 saturated heterocycles. The zero-order valence-electron chi connectivity index (χ0n) is 15.9. The van der Waals surface area contributed by atoms with Crippen molar-refractivity contribution in [2.24, 2.45) is 5.92 Å². The van der Waals surface area contributed by atoms with Crippen LogP contribution in [0.25, 0.3) is 17.0 Å². The average molecular weight is 366 g/mol. The smallest absolute Gasteiger partial charge is 0.331 e. The van der Waals surface area contributed by atoms with Crippen molar-refractivity contribution in [2.45, 2.75) is 51.7 Å². The summed E-state index contributed by atoms with van der Waals surface area (Å²) in [5.74, 6) is -0.326. The van der Waals surface area contributed by atoms with E-state index in [1.807, 2.05) is 36.4 Å². The monoisotopic (exact) mass is 366 g/mol. The maximum Gasteiger partial charge on any atom is 0.331 e. The highest BCUT2D eigenvalue weighted by atomic mass is 16.5. The normalized spacial score (nSPS) is 21.1. The van der Waals surface area contributed by atoms with Crippen LogP contribution >= 0.6 is 0 Å². The molecule has 1 saturated carbocycles. The highest BCUT2D eigenvalue weighted by Crippen LogP contribution is 2.23. The van der Waals surface area contributed by atoms with E-state index in [1.165, 1.54) is 12.5 Å². The molecule has 0 bridgehead atoms. The van der Waals surface area contributed by atoms with Gasteiger partial charge in [-0.1, -0.05) is 44.0 Å². The van der Waals surface area contributed by atoms with Crippen LogP contribution in [0.4, 0.5) is 0 Å². The molecule has 0 unspecified atom stereocenters. The van der Waals surface area contributed by atoms with Crippen LogP contribution in [0, 0.1) is 5.92 Å². The second kappa shape index (κ2) is 8.80. The molecule has 0 spiro atoms. The summed E-state index contributed by atoms with van der Waals surface area (Å²) in [6.07, 6.45) is 6.55. The molecule has 1 amide bonds. The molecule has 1 N–H and O–H groups in total. The first-order valence-electron chi connectivity index (χ1n) is 9.58. The summed E-state index contributed by atoms with van der Waals surface area (Å²) in [5, 5.41) is 4.06. The minimum atomic E-state index is -0.819. The van der Waals surface area contributed by atoms with Crippen LogP contribution in [0.1, 0.15) is 45.2 Å². The summed E-state index contributed by atoms with van der Waals surface area (Å²) in [7, 11) is 0. The van der Waals surface area contributed by atoms with Gasteiger partial charge in [0, 0.05) is 17.5 Å². The zero-order valence-corrected chi connectivity index (χ0v) is 15.9. The molecule has 1 aromatic heterocycles. The van der Waals surface area contributed by atoms with Crippen LogP contribution < -0.4 is 5.32 Å². The molecule has 3 rings (SSSR count). The average Bonchev–Trinajstić information content (AvgIpc) is 2.68. The Morgan fingerprint density at radius 1 is 1.19 bits per heavy atom. The van der Waals surface area contributed by atoms with Gasteiger partial charge in [-0.15, -0.1) is 0 Å². The summed E-state index contributed by atoms with van der Waals surface area (Å²) in [5.41, 5.74) is 1.53. The number of ether oxygens (including phenoxy) is 1. The lowest BCUT2D eigenvalue weighted by Crippen LogP contribution is -2.45. The van der Waals surface area contributed by atoms with Crippen molar-refractivity contribution < 1.29 is 14.3 Å². The van der Waals surface area contributed by atoms with E-state index in [9.17, 15) is 9.59 Å². The van der Waals surface area contributed by atoms with E-state index in [0.717, 1.165) is 30.2 Å². The lowest BCUT2D eigenvalue weighted by Gasteiger charge is -2.30. The topological polar surface area (TPSA) is 68.3 Å². The summed E-state index contributed by atoms with van der Waals surface area (Å²) in [4.78, 5) is 28.8. The summed E-state index contributed by atoms with van der Waals surface area (Å²) >= 11 is 0. The van der Waals surface area contributed by atoms with E-state index in [1.54, 1.807) is 13.0 Å². The first-order valence-corrected chi connectivity index (χ1v) is 9.58. The van der Waals surface area contributed by atoms with Crippen LogP contribution in [-0.2, 0) is 14.3 Å². The maximum atomic E-state index is 12.3. The third-order valence-electron chi connectivity index (χ3n) is 5.11. The molecule has 142 valence electrons. The second-order valence-electron chi connectivity index (χ2n) is 7.22. The summed E-state index contributed by atoms with van der Waals surface area (Å²) in [6, 6.07) is 11.7. The van der Waals surface area contributed by atoms with Crippen molar-refractivity contribution >= 4 is 28.9 Å². The Kier molecular flexibility index (Phi) is 6.22. The van der Waals surface area contributed by atoms with Crippen molar-refractivity contribution in [3.8, 4) is 0 Å². The number of carbonyl (C=O) groups excluding carboxylic acids is 2. The highest BCUT2D eigenvalue weighted by molar-refractivity contribution is 5.90. The molecular weight excluding hydrogens is 340 g/mol.